The molecular weight excluding hydrogens is 494 g/mol. The molecule has 0 aromatic heterocycles. The predicted molar refractivity (Wildman–Crippen MR) is 153 cm³/mol. The number of morpholine rings is 1. The van der Waals surface area contributed by atoms with E-state index in [9.17, 15) is 9.59 Å². The van der Waals surface area contributed by atoms with Gasteiger partial charge < -0.3 is 25.0 Å². The Morgan fingerprint density at radius 1 is 1.08 bits per heavy atom. The molecule has 1 unspecified atom stereocenters. The monoisotopic (exact) mass is 533 g/mol. The summed E-state index contributed by atoms with van der Waals surface area (Å²) in [7, 11) is 1.76. The Kier molecular flexibility index (Phi) is 8.78. The van der Waals surface area contributed by atoms with E-state index in [4.69, 9.17) is 14.5 Å². The lowest BCUT2D eigenvalue weighted by atomic mass is 9.85. The van der Waals surface area contributed by atoms with Gasteiger partial charge in [0.05, 0.1) is 18.9 Å². The van der Waals surface area contributed by atoms with Gasteiger partial charge in [0.25, 0.3) is 5.91 Å². The van der Waals surface area contributed by atoms with Gasteiger partial charge in [0, 0.05) is 56.1 Å². The number of hydrogen-bond acceptors (Lipinski definition) is 6. The number of urea groups is 1. The van der Waals surface area contributed by atoms with Crippen LogP contribution in [-0.4, -0.2) is 75.2 Å². The van der Waals surface area contributed by atoms with Crippen LogP contribution in [0.2, 0.25) is 0 Å². The van der Waals surface area contributed by atoms with Crippen molar-refractivity contribution in [2.45, 2.75) is 44.2 Å². The summed E-state index contributed by atoms with van der Waals surface area (Å²) < 4.78 is 11.4. The summed E-state index contributed by atoms with van der Waals surface area (Å²) in [6.45, 7) is 4.71. The number of likely N-dealkylation sites (N-methyl/N-ethyl adjacent to an activating group) is 1. The minimum Gasteiger partial charge on any atom is -0.492 e. The van der Waals surface area contributed by atoms with Crippen molar-refractivity contribution in [2.75, 3.05) is 56.7 Å². The summed E-state index contributed by atoms with van der Waals surface area (Å²) >= 11 is 0. The Bertz CT molecular complexity index is 1170. The smallest absolute Gasteiger partial charge is 0.321 e. The number of rotatable bonds is 7. The van der Waals surface area contributed by atoms with Crippen LogP contribution in [-0.2, 0) is 9.53 Å². The van der Waals surface area contributed by atoms with Crippen molar-refractivity contribution in [3.63, 3.8) is 0 Å². The highest BCUT2D eigenvalue weighted by atomic mass is 16.5. The first-order valence-electron chi connectivity index (χ1n) is 14.1. The molecule has 2 aromatic carbocycles. The Morgan fingerprint density at radius 3 is 2.64 bits per heavy atom. The van der Waals surface area contributed by atoms with Gasteiger partial charge in [0.2, 0.25) is 5.66 Å². The number of nitrogens with one attached hydrogen (secondary N) is 2. The second kappa shape index (κ2) is 12.6. The summed E-state index contributed by atoms with van der Waals surface area (Å²) in [5.41, 5.74) is 0.849. The maximum Gasteiger partial charge on any atom is 0.321 e. The van der Waals surface area contributed by atoms with Crippen LogP contribution >= 0.6 is 0 Å². The van der Waals surface area contributed by atoms with Crippen molar-refractivity contribution in [2.24, 2.45) is 10.9 Å². The molecule has 0 spiro atoms. The van der Waals surface area contributed by atoms with E-state index in [0.29, 0.717) is 18.0 Å². The van der Waals surface area contributed by atoms with E-state index in [1.54, 1.807) is 24.2 Å². The molecule has 1 saturated heterocycles. The molecule has 1 atom stereocenters. The van der Waals surface area contributed by atoms with Gasteiger partial charge >= 0.3 is 6.03 Å². The lowest BCUT2D eigenvalue weighted by Crippen LogP contribution is -2.62. The second-order valence-electron chi connectivity index (χ2n) is 10.5. The molecule has 9 nitrogen and oxygen atoms in total. The molecule has 208 valence electrons. The number of fused-ring (bicyclic) bond motifs is 1. The van der Waals surface area contributed by atoms with Gasteiger partial charge in [-0.05, 0) is 31.0 Å². The van der Waals surface area contributed by atoms with E-state index in [-0.39, 0.29) is 11.8 Å². The lowest BCUT2D eigenvalue weighted by molar-refractivity contribution is -0.126. The number of anilines is 2. The van der Waals surface area contributed by atoms with Crippen molar-refractivity contribution in [3.05, 3.63) is 54.1 Å². The Labute approximate surface area is 230 Å². The molecule has 3 amide bonds. The topological polar surface area (TPSA) is 95.5 Å². The molecule has 3 aliphatic rings. The van der Waals surface area contributed by atoms with Crippen LogP contribution in [0, 0.1) is 5.92 Å². The summed E-state index contributed by atoms with van der Waals surface area (Å²) in [5.74, 6) is 0.366. The molecule has 2 aliphatic heterocycles. The fraction of sp³-hybridized carbons (Fsp3) is 0.500. The lowest BCUT2D eigenvalue weighted by Gasteiger charge is -2.38. The molecule has 1 saturated carbocycles. The van der Waals surface area contributed by atoms with Gasteiger partial charge in [-0.1, -0.05) is 49.9 Å². The molecule has 2 N–H and O–H groups in total. The third-order valence-electron chi connectivity index (χ3n) is 7.96. The predicted octanol–water partition coefficient (Wildman–Crippen LogP) is 4.28. The summed E-state index contributed by atoms with van der Waals surface area (Å²) in [6, 6.07) is 14.6. The molecule has 39 heavy (non-hydrogen) atoms. The second-order valence-corrected chi connectivity index (χ2v) is 10.5. The van der Waals surface area contributed by atoms with Crippen LogP contribution in [0.25, 0.3) is 0 Å². The first-order valence-corrected chi connectivity index (χ1v) is 14.1. The van der Waals surface area contributed by atoms with Gasteiger partial charge in [0.15, 0.2) is 0 Å². The number of carbonyl (C=O) groups excluding carboxylic acids is 2. The highest BCUT2D eigenvalue weighted by Gasteiger charge is 2.49. The van der Waals surface area contributed by atoms with Crippen molar-refractivity contribution in [1.29, 1.82) is 0 Å². The molecule has 2 heterocycles. The largest absolute Gasteiger partial charge is 0.492 e. The molecule has 9 heteroatoms. The van der Waals surface area contributed by atoms with Crippen molar-refractivity contribution >= 4 is 29.5 Å². The Morgan fingerprint density at radius 2 is 1.85 bits per heavy atom. The van der Waals surface area contributed by atoms with E-state index >= 15 is 0 Å². The first-order chi connectivity index (χ1) is 19.0. The minimum atomic E-state index is -1.38. The van der Waals surface area contributed by atoms with E-state index in [0.717, 1.165) is 82.6 Å². The van der Waals surface area contributed by atoms with Gasteiger partial charge in [-0.25, -0.2) is 4.79 Å². The number of hydrogen-bond donors (Lipinski definition) is 2. The Hall–Kier alpha value is -3.43. The highest BCUT2D eigenvalue weighted by Crippen LogP contribution is 2.37. The number of nitrogens with zero attached hydrogens (tertiary/aromatic N) is 3. The van der Waals surface area contributed by atoms with Gasteiger partial charge in [-0.3, -0.25) is 14.7 Å². The van der Waals surface area contributed by atoms with Crippen molar-refractivity contribution in [3.8, 4) is 5.75 Å². The van der Waals surface area contributed by atoms with E-state index in [1.165, 1.54) is 0 Å². The third kappa shape index (κ3) is 6.42. The quantitative estimate of drug-likeness (QED) is 0.518. The average molecular weight is 534 g/mol. The van der Waals surface area contributed by atoms with E-state index < -0.39 is 11.7 Å². The SMILES string of the molecule is CN1C(=O)C(NC(=O)Nc2cccc(OCCN3CCOCC3)c2)(C2CCCCCC2)N=Cc2ccccc21. The molecule has 0 radical (unpaired) electrons. The number of benzene rings is 2. The van der Waals surface area contributed by atoms with Gasteiger partial charge in [-0.2, -0.15) is 0 Å². The van der Waals surface area contributed by atoms with Crippen LogP contribution in [0.4, 0.5) is 16.2 Å². The van der Waals surface area contributed by atoms with Crippen LogP contribution < -0.4 is 20.3 Å². The zero-order valence-corrected chi connectivity index (χ0v) is 22.7. The number of carbonyl (C=O) groups is 2. The fourth-order valence-electron chi connectivity index (χ4n) is 5.78. The Balaban J connectivity index is 1.31. The van der Waals surface area contributed by atoms with E-state index in [2.05, 4.69) is 15.5 Å². The van der Waals surface area contributed by atoms with Crippen LogP contribution in [0.5, 0.6) is 5.75 Å². The molecule has 2 fully saturated rings. The number of ether oxygens (including phenoxy) is 2. The number of para-hydroxylation sites is 1. The molecule has 0 bridgehead atoms. The molecule has 2 aromatic rings. The van der Waals surface area contributed by atoms with Gasteiger partial charge in [-0.15, -0.1) is 0 Å². The average Bonchev–Trinajstić information content (AvgIpc) is 3.30. The van der Waals surface area contributed by atoms with Crippen molar-refractivity contribution in [1.82, 2.24) is 10.2 Å². The maximum atomic E-state index is 14.1. The number of amides is 3. The maximum absolute atomic E-state index is 14.1. The fourth-order valence-corrected chi connectivity index (χ4v) is 5.78. The van der Waals surface area contributed by atoms with Gasteiger partial charge in [0.1, 0.15) is 12.4 Å². The first kappa shape index (κ1) is 27.1. The summed E-state index contributed by atoms with van der Waals surface area (Å²) in [6.07, 6.45) is 7.69. The third-order valence-corrected chi connectivity index (χ3v) is 7.96. The van der Waals surface area contributed by atoms with Crippen molar-refractivity contribution < 1.29 is 19.1 Å². The normalized spacial score (nSPS) is 22.5. The summed E-state index contributed by atoms with van der Waals surface area (Å²) in [5, 5.41) is 5.96. The zero-order chi connectivity index (χ0) is 27.1. The van der Waals surface area contributed by atoms with Crippen LogP contribution in [0.1, 0.15) is 44.1 Å². The van der Waals surface area contributed by atoms with Crippen LogP contribution in [0.15, 0.2) is 53.5 Å². The molecule has 1 aliphatic carbocycles. The standard InChI is InChI=1S/C30H39N5O4/c1-34-27-14-7-6-9-23(27)22-31-30(28(34)36,24-10-4-2-3-5-11-24)33-29(37)32-25-12-8-13-26(21-25)39-20-17-35-15-18-38-19-16-35/h6-9,12-14,21-22,24H,2-5,10-11,15-20H2,1H3,(H2,32,33,37). The summed E-state index contributed by atoms with van der Waals surface area (Å²) in [4.78, 5) is 36.3. The molecule has 5 rings (SSSR count). The molecular formula is C30H39N5O4. The number of aliphatic imine (C=N–C) groups is 1. The highest BCUT2D eigenvalue weighted by molar-refractivity contribution is 6.09. The zero-order valence-electron chi connectivity index (χ0n) is 22.7. The van der Waals surface area contributed by atoms with Crippen LogP contribution in [0.3, 0.4) is 0 Å². The van der Waals surface area contributed by atoms with E-state index in [1.807, 2.05) is 42.5 Å². The minimum absolute atomic E-state index is 0.0962. The number of benzodiazepines with no additional fused rings is 1.